The van der Waals surface area contributed by atoms with Crippen LogP contribution in [0.5, 0.6) is 0 Å². The summed E-state index contributed by atoms with van der Waals surface area (Å²) in [5, 5.41) is 0.196. The molecule has 2 aliphatic carbocycles. The van der Waals surface area contributed by atoms with E-state index in [-0.39, 0.29) is 29.2 Å². The van der Waals surface area contributed by atoms with E-state index in [0.29, 0.717) is 18.5 Å². The molecule has 0 aliphatic heterocycles. The van der Waals surface area contributed by atoms with Crippen molar-refractivity contribution >= 4 is 11.0 Å². The van der Waals surface area contributed by atoms with Crippen molar-refractivity contribution in [1.29, 1.82) is 0 Å². The molecule has 2 aromatic heterocycles. The van der Waals surface area contributed by atoms with Crippen molar-refractivity contribution in [3.05, 3.63) is 38.9 Å². The van der Waals surface area contributed by atoms with E-state index >= 15 is 0 Å². The van der Waals surface area contributed by atoms with Crippen LogP contribution in [0.3, 0.4) is 0 Å². The molecule has 0 radical (unpaired) electrons. The average Bonchev–Trinajstić information content (AvgIpc) is 3.11. The van der Waals surface area contributed by atoms with Gasteiger partial charge in [0.1, 0.15) is 11.5 Å². The highest BCUT2D eigenvalue weighted by molar-refractivity contribution is 5.73. The number of fused-ring (bicyclic) bond motifs is 1. The Bertz CT molecular complexity index is 906. The van der Waals surface area contributed by atoms with Crippen molar-refractivity contribution in [1.82, 2.24) is 14.1 Å². The Morgan fingerprint density at radius 3 is 2.32 bits per heavy atom. The molecule has 6 nitrogen and oxygen atoms in total. The molecular weight excluding hydrogens is 323 g/mol. The molecule has 0 bridgehead atoms. The summed E-state index contributed by atoms with van der Waals surface area (Å²) in [5.41, 5.74) is 5.54. The molecule has 4 rings (SSSR count). The van der Waals surface area contributed by atoms with Gasteiger partial charge in [-0.1, -0.05) is 12.8 Å². The number of nitrogens with two attached hydrogens (primary N) is 1. The molecule has 7 heteroatoms. The molecule has 0 saturated heterocycles. The molecular formula is C18H23FN4O2. The quantitative estimate of drug-likeness (QED) is 0.904. The van der Waals surface area contributed by atoms with Crippen LogP contribution >= 0.6 is 0 Å². The normalized spacial score (nSPS) is 24.9. The first-order valence-electron chi connectivity index (χ1n) is 9.14. The minimum absolute atomic E-state index is 0.0330. The highest BCUT2D eigenvalue weighted by atomic mass is 19.1. The average molecular weight is 346 g/mol. The van der Waals surface area contributed by atoms with Gasteiger partial charge in [0.2, 0.25) is 0 Å². The molecule has 2 N–H and O–H groups in total. The summed E-state index contributed by atoms with van der Waals surface area (Å²) < 4.78 is 16.7. The Balaban J connectivity index is 1.96. The number of rotatable bonds is 2. The number of halogens is 1. The first-order chi connectivity index (χ1) is 12.1. The standard InChI is InChI=1S/C18H23FN4O2/c19-11-9-15-16(21-10-11)22(13-3-1-2-4-13)18(25)23(17(15)24)14-7-5-12(20)6-8-14/h9-10,12-14H,1-8,20H2. The minimum Gasteiger partial charge on any atom is -0.328 e. The fourth-order valence-corrected chi connectivity index (χ4v) is 4.38. The van der Waals surface area contributed by atoms with Gasteiger partial charge in [-0.15, -0.1) is 0 Å². The fraction of sp³-hybridized carbons (Fsp3) is 0.611. The zero-order valence-electron chi connectivity index (χ0n) is 14.2. The largest absolute Gasteiger partial charge is 0.333 e. The van der Waals surface area contributed by atoms with Crippen LogP contribution in [0, 0.1) is 5.82 Å². The molecule has 2 fully saturated rings. The maximum Gasteiger partial charge on any atom is 0.333 e. The lowest BCUT2D eigenvalue weighted by molar-refractivity contribution is 0.303. The van der Waals surface area contributed by atoms with Crippen molar-refractivity contribution in [2.75, 3.05) is 0 Å². The van der Waals surface area contributed by atoms with Crippen LogP contribution in [0.25, 0.3) is 11.0 Å². The minimum atomic E-state index is -0.557. The zero-order valence-corrected chi connectivity index (χ0v) is 14.2. The van der Waals surface area contributed by atoms with Gasteiger partial charge in [0.05, 0.1) is 11.6 Å². The van der Waals surface area contributed by atoms with E-state index in [1.165, 1.54) is 10.6 Å². The molecule has 0 aromatic carbocycles. The Kier molecular flexibility index (Phi) is 4.19. The van der Waals surface area contributed by atoms with Gasteiger partial charge >= 0.3 is 5.69 Å². The molecule has 2 aliphatic rings. The van der Waals surface area contributed by atoms with Gasteiger partial charge in [-0.05, 0) is 44.6 Å². The fourth-order valence-electron chi connectivity index (χ4n) is 4.38. The number of hydrogen-bond acceptors (Lipinski definition) is 4. The lowest BCUT2D eigenvalue weighted by atomic mass is 9.91. The molecule has 0 spiro atoms. The van der Waals surface area contributed by atoms with Gasteiger partial charge < -0.3 is 5.73 Å². The van der Waals surface area contributed by atoms with Crippen molar-refractivity contribution in [2.45, 2.75) is 69.5 Å². The lowest BCUT2D eigenvalue weighted by Crippen LogP contribution is -2.45. The Morgan fingerprint density at radius 2 is 1.64 bits per heavy atom. The smallest absolute Gasteiger partial charge is 0.328 e. The van der Waals surface area contributed by atoms with Crippen LogP contribution in [0.4, 0.5) is 4.39 Å². The third-order valence-corrected chi connectivity index (χ3v) is 5.72. The maximum absolute atomic E-state index is 13.7. The van der Waals surface area contributed by atoms with E-state index in [4.69, 9.17) is 5.73 Å². The second kappa shape index (κ2) is 6.37. The Labute approximate surface area is 144 Å². The van der Waals surface area contributed by atoms with Crippen LogP contribution < -0.4 is 17.0 Å². The molecule has 0 amide bonds. The lowest BCUT2D eigenvalue weighted by Gasteiger charge is -2.28. The molecule has 134 valence electrons. The van der Waals surface area contributed by atoms with E-state index in [9.17, 15) is 14.0 Å². The van der Waals surface area contributed by atoms with Gasteiger partial charge in [0.15, 0.2) is 0 Å². The van der Waals surface area contributed by atoms with Gasteiger partial charge in [-0.3, -0.25) is 13.9 Å². The Morgan fingerprint density at radius 1 is 1.00 bits per heavy atom. The van der Waals surface area contributed by atoms with Crippen LogP contribution in [-0.2, 0) is 0 Å². The van der Waals surface area contributed by atoms with Gasteiger partial charge in [-0.2, -0.15) is 0 Å². The third-order valence-electron chi connectivity index (χ3n) is 5.72. The Hall–Kier alpha value is -2.02. The van der Waals surface area contributed by atoms with Gasteiger partial charge in [-0.25, -0.2) is 14.2 Å². The summed E-state index contributed by atoms with van der Waals surface area (Å²) in [7, 11) is 0. The molecule has 0 atom stereocenters. The first-order valence-corrected chi connectivity index (χ1v) is 9.14. The molecule has 2 aromatic rings. The molecule has 0 unspecified atom stereocenters. The maximum atomic E-state index is 13.7. The first kappa shape index (κ1) is 16.4. The van der Waals surface area contributed by atoms with E-state index in [0.717, 1.165) is 44.7 Å². The van der Waals surface area contributed by atoms with Crippen molar-refractivity contribution in [3.8, 4) is 0 Å². The van der Waals surface area contributed by atoms with Crippen LogP contribution in [0.2, 0.25) is 0 Å². The summed E-state index contributed by atoms with van der Waals surface area (Å²) in [6.45, 7) is 0. The summed E-state index contributed by atoms with van der Waals surface area (Å²) in [5.74, 6) is -0.557. The predicted molar refractivity (Wildman–Crippen MR) is 93.2 cm³/mol. The summed E-state index contributed by atoms with van der Waals surface area (Å²) in [4.78, 5) is 30.3. The molecule has 2 saturated carbocycles. The van der Waals surface area contributed by atoms with Crippen LogP contribution in [-0.4, -0.2) is 20.2 Å². The number of hydrogen-bond donors (Lipinski definition) is 1. The monoisotopic (exact) mass is 346 g/mol. The van der Waals surface area contributed by atoms with E-state index in [1.807, 2.05) is 0 Å². The number of pyridine rings is 1. The number of aromatic nitrogens is 3. The highest BCUT2D eigenvalue weighted by Gasteiger charge is 2.28. The topological polar surface area (TPSA) is 82.9 Å². The van der Waals surface area contributed by atoms with Crippen molar-refractivity contribution < 1.29 is 4.39 Å². The molecule has 2 heterocycles. The van der Waals surface area contributed by atoms with Gasteiger partial charge in [0, 0.05) is 18.1 Å². The van der Waals surface area contributed by atoms with Gasteiger partial charge in [0.25, 0.3) is 5.56 Å². The second-order valence-corrected chi connectivity index (χ2v) is 7.36. The van der Waals surface area contributed by atoms with Crippen LogP contribution in [0.15, 0.2) is 21.9 Å². The van der Waals surface area contributed by atoms with E-state index in [2.05, 4.69) is 4.98 Å². The van der Waals surface area contributed by atoms with Crippen LogP contribution in [0.1, 0.15) is 63.5 Å². The molecule has 25 heavy (non-hydrogen) atoms. The zero-order chi connectivity index (χ0) is 17.6. The second-order valence-electron chi connectivity index (χ2n) is 7.36. The summed E-state index contributed by atoms with van der Waals surface area (Å²) in [6, 6.07) is 1.20. The highest BCUT2D eigenvalue weighted by Crippen LogP contribution is 2.31. The third kappa shape index (κ3) is 2.80. The SMILES string of the molecule is NC1CCC(n2c(=O)c3cc(F)cnc3n(C3CCCC3)c2=O)CC1. The van der Waals surface area contributed by atoms with E-state index in [1.54, 1.807) is 4.57 Å². The summed E-state index contributed by atoms with van der Waals surface area (Å²) >= 11 is 0. The number of nitrogens with zero attached hydrogens (tertiary/aromatic N) is 3. The summed E-state index contributed by atoms with van der Waals surface area (Å²) in [6.07, 6.45) is 7.96. The predicted octanol–water partition coefficient (Wildman–Crippen LogP) is 2.25. The van der Waals surface area contributed by atoms with Crippen molar-refractivity contribution in [2.24, 2.45) is 5.73 Å². The van der Waals surface area contributed by atoms with Crippen molar-refractivity contribution in [3.63, 3.8) is 0 Å². The van der Waals surface area contributed by atoms with E-state index < -0.39 is 11.4 Å².